The molecular weight excluding hydrogens is 348 g/mol. The molecule has 1 aliphatic heterocycles. The van der Waals surface area contributed by atoms with E-state index in [1.807, 2.05) is 18.2 Å². The number of rotatable bonds is 5. The van der Waals surface area contributed by atoms with Gasteiger partial charge in [0.2, 0.25) is 0 Å². The molecule has 1 aliphatic rings. The minimum absolute atomic E-state index is 0.0484. The fourth-order valence-corrected chi connectivity index (χ4v) is 3.24. The van der Waals surface area contributed by atoms with E-state index in [1.54, 1.807) is 7.11 Å². The average molecular weight is 368 g/mol. The topological polar surface area (TPSA) is 104 Å². The lowest BCUT2D eigenvalue weighted by molar-refractivity contribution is -0.0337. The summed E-state index contributed by atoms with van der Waals surface area (Å²) < 4.78 is 16.1. The summed E-state index contributed by atoms with van der Waals surface area (Å²) in [7, 11) is 1.66. The summed E-state index contributed by atoms with van der Waals surface area (Å²) in [6, 6.07) is 12.3. The number of aromatic nitrogens is 2. The summed E-state index contributed by atoms with van der Waals surface area (Å²) in [5.74, 6) is 0.391. The molecule has 0 unspecified atom stereocenters. The van der Waals surface area contributed by atoms with E-state index in [1.165, 1.54) is 0 Å². The largest absolute Gasteiger partial charge is 0.497 e. The molecule has 2 heterocycles. The monoisotopic (exact) mass is 368 g/mol. The SMILES string of the molecule is COc1ccc2cc([C@H]3CN(Cc4noc(C(N)=O)n4)CCO3)ccc2c1. The third kappa shape index (κ3) is 3.76. The first-order chi connectivity index (χ1) is 13.1. The Morgan fingerprint density at radius 3 is 2.89 bits per heavy atom. The Labute approximate surface area is 155 Å². The first-order valence-electron chi connectivity index (χ1n) is 8.66. The molecular formula is C19H20N4O4. The molecule has 27 heavy (non-hydrogen) atoms. The van der Waals surface area contributed by atoms with Crippen molar-refractivity contribution in [2.45, 2.75) is 12.6 Å². The molecule has 3 aromatic rings. The molecule has 0 radical (unpaired) electrons. The molecule has 2 aromatic carbocycles. The molecule has 0 bridgehead atoms. The molecule has 0 aliphatic carbocycles. The lowest BCUT2D eigenvalue weighted by Crippen LogP contribution is -2.38. The van der Waals surface area contributed by atoms with Crippen LogP contribution < -0.4 is 10.5 Å². The van der Waals surface area contributed by atoms with Crippen molar-refractivity contribution < 1.29 is 18.8 Å². The molecule has 4 rings (SSSR count). The van der Waals surface area contributed by atoms with Gasteiger partial charge >= 0.3 is 11.8 Å². The van der Waals surface area contributed by atoms with Gasteiger partial charge in [-0.25, -0.2) is 0 Å². The summed E-state index contributed by atoms with van der Waals surface area (Å²) in [4.78, 5) is 17.3. The average Bonchev–Trinajstić information content (AvgIpc) is 3.16. The Balaban J connectivity index is 1.48. The highest BCUT2D eigenvalue weighted by Gasteiger charge is 2.24. The number of fused-ring (bicyclic) bond motifs is 1. The van der Waals surface area contributed by atoms with Crippen molar-refractivity contribution in [3.8, 4) is 5.75 Å². The number of carbonyl (C=O) groups excluding carboxylic acids is 1. The number of hydrogen-bond acceptors (Lipinski definition) is 7. The van der Waals surface area contributed by atoms with Gasteiger partial charge in [0.15, 0.2) is 5.82 Å². The molecule has 8 nitrogen and oxygen atoms in total. The van der Waals surface area contributed by atoms with Gasteiger partial charge in [0.05, 0.1) is 26.4 Å². The smallest absolute Gasteiger partial charge is 0.315 e. The summed E-state index contributed by atoms with van der Waals surface area (Å²) in [5.41, 5.74) is 6.26. The van der Waals surface area contributed by atoms with Crippen molar-refractivity contribution in [1.29, 1.82) is 0 Å². The predicted molar refractivity (Wildman–Crippen MR) is 97.3 cm³/mol. The molecule has 1 atom stereocenters. The minimum atomic E-state index is -0.721. The molecule has 1 fully saturated rings. The van der Waals surface area contributed by atoms with Crippen molar-refractivity contribution in [3.05, 3.63) is 53.7 Å². The third-order valence-corrected chi connectivity index (χ3v) is 4.64. The van der Waals surface area contributed by atoms with E-state index in [0.29, 0.717) is 25.5 Å². The van der Waals surface area contributed by atoms with Crippen LogP contribution in [0.2, 0.25) is 0 Å². The predicted octanol–water partition coefficient (Wildman–Crippen LogP) is 1.90. The van der Waals surface area contributed by atoms with E-state index in [-0.39, 0.29) is 12.0 Å². The zero-order valence-electron chi connectivity index (χ0n) is 14.9. The summed E-state index contributed by atoms with van der Waals surface area (Å²) in [6.07, 6.45) is -0.0484. The van der Waals surface area contributed by atoms with Gasteiger partial charge in [-0.05, 0) is 34.5 Å². The first kappa shape index (κ1) is 17.4. The third-order valence-electron chi connectivity index (χ3n) is 4.64. The van der Waals surface area contributed by atoms with E-state index in [0.717, 1.165) is 28.6 Å². The zero-order valence-corrected chi connectivity index (χ0v) is 14.9. The van der Waals surface area contributed by atoms with Crippen molar-refractivity contribution in [2.75, 3.05) is 26.8 Å². The molecule has 1 aromatic heterocycles. The summed E-state index contributed by atoms with van der Waals surface area (Å²) >= 11 is 0. The Bertz CT molecular complexity index is 971. The molecule has 0 saturated carbocycles. The van der Waals surface area contributed by atoms with Crippen LogP contribution in [0, 0.1) is 0 Å². The van der Waals surface area contributed by atoms with Crippen LogP contribution in [0.1, 0.15) is 28.2 Å². The minimum Gasteiger partial charge on any atom is -0.497 e. The maximum absolute atomic E-state index is 11.1. The Morgan fingerprint density at radius 1 is 1.30 bits per heavy atom. The molecule has 2 N–H and O–H groups in total. The number of carbonyl (C=O) groups is 1. The number of amides is 1. The second kappa shape index (κ2) is 7.34. The molecule has 8 heteroatoms. The number of methoxy groups -OCH3 is 1. The maximum atomic E-state index is 11.1. The van der Waals surface area contributed by atoms with Gasteiger partial charge in [0.25, 0.3) is 0 Å². The fraction of sp³-hybridized carbons (Fsp3) is 0.316. The lowest BCUT2D eigenvalue weighted by Gasteiger charge is -2.32. The Morgan fingerprint density at radius 2 is 2.11 bits per heavy atom. The number of nitrogens with zero attached hydrogens (tertiary/aromatic N) is 3. The highest BCUT2D eigenvalue weighted by atomic mass is 16.5. The van der Waals surface area contributed by atoms with E-state index in [9.17, 15) is 4.79 Å². The van der Waals surface area contributed by atoms with E-state index in [4.69, 9.17) is 19.7 Å². The maximum Gasteiger partial charge on any atom is 0.315 e. The van der Waals surface area contributed by atoms with Crippen LogP contribution in [0.5, 0.6) is 5.75 Å². The number of nitrogens with two attached hydrogens (primary N) is 1. The highest BCUT2D eigenvalue weighted by Crippen LogP contribution is 2.28. The Hall–Kier alpha value is -2.97. The second-order valence-electron chi connectivity index (χ2n) is 6.45. The molecule has 1 amide bonds. The van der Waals surface area contributed by atoms with E-state index in [2.05, 4.69) is 33.2 Å². The number of hydrogen-bond donors (Lipinski definition) is 1. The zero-order chi connectivity index (χ0) is 18.8. The van der Waals surface area contributed by atoms with Gasteiger partial charge < -0.3 is 19.7 Å². The van der Waals surface area contributed by atoms with Crippen LogP contribution in [0.4, 0.5) is 0 Å². The first-order valence-corrected chi connectivity index (χ1v) is 8.66. The Kier molecular flexibility index (Phi) is 4.74. The number of ether oxygens (including phenoxy) is 2. The lowest BCUT2D eigenvalue weighted by atomic mass is 10.0. The standard InChI is InChI=1S/C19H20N4O4/c1-25-15-5-4-12-8-14(3-2-13(12)9-15)16-10-23(6-7-26-16)11-17-21-19(18(20)24)27-22-17/h2-5,8-9,16H,6-7,10-11H2,1H3,(H2,20,24)/t16-/m1/s1. The van der Waals surface area contributed by atoms with E-state index < -0.39 is 5.91 Å². The van der Waals surface area contributed by atoms with Crippen LogP contribution in [-0.4, -0.2) is 47.8 Å². The summed E-state index contributed by atoms with van der Waals surface area (Å²) in [5, 5.41) is 6.06. The van der Waals surface area contributed by atoms with Crippen molar-refractivity contribution in [1.82, 2.24) is 15.0 Å². The van der Waals surface area contributed by atoms with Gasteiger partial charge in [0, 0.05) is 13.1 Å². The molecule has 140 valence electrons. The number of primary amides is 1. The van der Waals surface area contributed by atoms with Crippen LogP contribution >= 0.6 is 0 Å². The van der Waals surface area contributed by atoms with E-state index >= 15 is 0 Å². The van der Waals surface area contributed by atoms with Gasteiger partial charge in [0.1, 0.15) is 5.75 Å². The number of benzene rings is 2. The normalized spacial score (nSPS) is 17.9. The van der Waals surface area contributed by atoms with Crippen LogP contribution in [-0.2, 0) is 11.3 Å². The number of morpholine rings is 1. The molecule has 1 saturated heterocycles. The van der Waals surface area contributed by atoms with Gasteiger partial charge in [-0.1, -0.05) is 23.4 Å². The second-order valence-corrected chi connectivity index (χ2v) is 6.45. The molecule has 0 spiro atoms. The van der Waals surface area contributed by atoms with Crippen LogP contribution in [0.15, 0.2) is 40.9 Å². The summed E-state index contributed by atoms with van der Waals surface area (Å²) in [6.45, 7) is 2.52. The van der Waals surface area contributed by atoms with Crippen LogP contribution in [0.25, 0.3) is 10.8 Å². The fourth-order valence-electron chi connectivity index (χ4n) is 3.24. The van der Waals surface area contributed by atoms with Gasteiger partial charge in [-0.3, -0.25) is 9.69 Å². The highest BCUT2D eigenvalue weighted by molar-refractivity contribution is 5.87. The van der Waals surface area contributed by atoms with Crippen molar-refractivity contribution in [2.24, 2.45) is 5.73 Å². The van der Waals surface area contributed by atoms with Crippen molar-refractivity contribution in [3.63, 3.8) is 0 Å². The van der Waals surface area contributed by atoms with Gasteiger partial charge in [-0.15, -0.1) is 0 Å². The van der Waals surface area contributed by atoms with Crippen molar-refractivity contribution >= 4 is 16.7 Å². The van der Waals surface area contributed by atoms with Gasteiger partial charge in [-0.2, -0.15) is 4.98 Å². The quantitative estimate of drug-likeness (QED) is 0.733. The van der Waals surface area contributed by atoms with Crippen LogP contribution in [0.3, 0.4) is 0 Å².